The Morgan fingerprint density at radius 3 is 2.33 bits per heavy atom. The highest BCUT2D eigenvalue weighted by Crippen LogP contribution is 2.28. The number of nitrogens with zero attached hydrogens (tertiary/aromatic N) is 1. The second-order valence-electron chi connectivity index (χ2n) is 2.24. The Balaban J connectivity index is 2.93. The van der Waals surface area contributed by atoms with Gasteiger partial charge in [0.05, 0.1) is 11.3 Å². The maximum absolute atomic E-state index is 12.0. The van der Waals surface area contributed by atoms with E-state index in [4.69, 9.17) is 5.73 Å². The lowest BCUT2D eigenvalue weighted by Crippen LogP contribution is -2.07. The predicted octanol–water partition coefficient (Wildman–Crippen LogP) is 1.56. The van der Waals surface area contributed by atoms with Crippen molar-refractivity contribution in [2.45, 2.75) is 12.7 Å². The number of hydrogen-bond donors (Lipinski definition) is 1. The quantitative estimate of drug-likeness (QED) is 0.705. The molecule has 0 fully saturated rings. The monoisotopic (exact) mass is 176 g/mol. The van der Waals surface area contributed by atoms with Crippen molar-refractivity contribution in [1.82, 2.24) is 4.98 Å². The van der Waals surface area contributed by atoms with Crippen LogP contribution >= 0.6 is 0 Å². The van der Waals surface area contributed by atoms with Crippen molar-refractivity contribution >= 4 is 0 Å². The molecule has 2 nitrogen and oxygen atoms in total. The van der Waals surface area contributed by atoms with Gasteiger partial charge in [-0.05, 0) is 12.1 Å². The van der Waals surface area contributed by atoms with Gasteiger partial charge in [-0.15, -0.1) is 0 Å². The fraction of sp³-hybridized carbons (Fsp3) is 0.286. The molecule has 1 rings (SSSR count). The molecule has 0 saturated carbocycles. The summed E-state index contributed by atoms with van der Waals surface area (Å²) >= 11 is 0. The van der Waals surface area contributed by atoms with Gasteiger partial charge in [0, 0.05) is 12.7 Å². The summed E-state index contributed by atoms with van der Waals surface area (Å²) in [7, 11) is 0. The Hall–Kier alpha value is -1.10. The molecular formula is C7H7F3N2. The van der Waals surface area contributed by atoms with E-state index < -0.39 is 11.7 Å². The van der Waals surface area contributed by atoms with Crippen molar-refractivity contribution in [3.05, 3.63) is 29.6 Å². The van der Waals surface area contributed by atoms with Crippen molar-refractivity contribution in [3.63, 3.8) is 0 Å². The first kappa shape index (κ1) is 8.99. The summed E-state index contributed by atoms with van der Waals surface area (Å²) in [5.41, 5.74) is 4.86. The Labute approximate surface area is 67.2 Å². The number of pyridine rings is 1. The minimum Gasteiger partial charge on any atom is -0.325 e. The zero-order valence-corrected chi connectivity index (χ0v) is 6.10. The molecule has 0 aliphatic rings. The van der Waals surface area contributed by atoms with E-state index in [0.29, 0.717) is 5.69 Å². The molecule has 5 heteroatoms. The summed E-state index contributed by atoms with van der Waals surface area (Å²) in [5, 5.41) is 0. The largest absolute Gasteiger partial charge is 0.417 e. The summed E-state index contributed by atoms with van der Waals surface area (Å²) in [4.78, 5) is 3.52. The molecule has 0 spiro atoms. The van der Waals surface area contributed by atoms with Gasteiger partial charge in [-0.2, -0.15) is 13.2 Å². The van der Waals surface area contributed by atoms with Gasteiger partial charge >= 0.3 is 6.18 Å². The van der Waals surface area contributed by atoms with E-state index in [1.54, 1.807) is 0 Å². The van der Waals surface area contributed by atoms with Gasteiger partial charge in [-0.3, -0.25) is 4.98 Å². The van der Waals surface area contributed by atoms with Gasteiger partial charge in [-0.1, -0.05) is 0 Å². The lowest BCUT2D eigenvalue weighted by atomic mass is 10.2. The molecule has 0 unspecified atom stereocenters. The van der Waals surface area contributed by atoms with E-state index in [1.165, 1.54) is 6.07 Å². The number of hydrogen-bond acceptors (Lipinski definition) is 2. The first-order valence-electron chi connectivity index (χ1n) is 3.26. The minimum atomic E-state index is -4.32. The second-order valence-corrected chi connectivity index (χ2v) is 2.24. The van der Waals surface area contributed by atoms with Crippen molar-refractivity contribution < 1.29 is 13.2 Å². The Kier molecular flexibility index (Phi) is 2.32. The van der Waals surface area contributed by atoms with Crippen LogP contribution in [0.2, 0.25) is 0 Å². The van der Waals surface area contributed by atoms with Gasteiger partial charge in [-0.25, -0.2) is 0 Å². The third-order valence-electron chi connectivity index (χ3n) is 1.36. The summed E-state index contributed by atoms with van der Waals surface area (Å²) in [6.45, 7) is 0.151. The molecule has 66 valence electrons. The number of rotatable bonds is 1. The highest BCUT2D eigenvalue weighted by Gasteiger charge is 2.30. The van der Waals surface area contributed by atoms with Crippen molar-refractivity contribution in [2.24, 2.45) is 5.73 Å². The lowest BCUT2D eigenvalue weighted by molar-refractivity contribution is -0.137. The number of halogens is 3. The second kappa shape index (κ2) is 3.10. The SMILES string of the molecule is NCc1ccc(C(F)(F)F)cn1. The Bertz CT molecular complexity index is 252. The summed E-state index contributed by atoms with van der Waals surface area (Å²) in [5.74, 6) is 0. The minimum absolute atomic E-state index is 0.151. The molecule has 0 aliphatic carbocycles. The number of alkyl halides is 3. The zero-order chi connectivity index (χ0) is 9.19. The topological polar surface area (TPSA) is 38.9 Å². The highest BCUT2D eigenvalue weighted by molar-refractivity contribution is 5.16. The number of aromatic nitrogens is 1. The van der Waals surface area contributed by atoms with Crippen LogP contribution in [0.15, 0.2) is 18.3 Å². The first-order chi connectivity index (χ1) is 5.54. The Morgan fingerprint density at radius 1 is 1.33 bits per heavy atom. The van der Waals surface area contributed by atoms with Crippen LogP contribution in [0.25, 0.3) is 0 Å². The van der Waals surface area contributed by atoms with Crippen LogP contribution in [0.5, 0.6) is 0 Å². The van der Waals surface area contributed by atoms with E-state index >= 15 is 0 Å². The third-order valence-corrected chi connectivity index (χ3v) is 1.36. The van der Waals surface area contributed by atoms with E-state index in [0.717, 1.165) is 12.3 Å². The molecule has 0 radical (unpaired) electrons. The molecule has 0 bridgehead atoms. The summed E-state index contributed by atoms with van der Waals surface area (Å²) < 4.78 is 35.9. The number of nitrogens with two attached hydrogens (primary N) is 1. The molecule has 1 heterocycles. The van der Waals surface area contributed by atoms with Gasteiger partial charge in [0.1, 0.15) is 0 Å². The van der Waals surface area contributed by atoms with Crippen LogP contribution in [0.3, 0.4) is 0 Å². The molecule has 0 amide bonds. The van der Waals surface area contributed by atoms with Gasteiger partial charge in [0.15, 0.2) is 0 Å². The lowest BCUT2D eigenvalue weighted by Gasteiger charge is -2.05. The van der Waals surface area contributed by atoms with Crippen LogP contribution in [0.4, 0.5) is 13.2 Å². The molecule has 0 atom stereocenters. The highest BCUT2D eigenvalue weighted by atomic mass is 19.4. The average molecular weight is 176 g/mol. The maximum atomic E-state index is 12.0. The van der Waals surface area contributed by atoms with E-state index in [2.05, 4.69) is 4.98 Å². The fourth-order valence-corrected chi connectivity index (χ4v) is 0.713. The molecule has 1 aromatic rings. The van der Waals surface area contributed by atoms with Crippen LogP contribution in [-0.4, -0.2) is 4.98 Å². The predicted molar refractivity (Wildman–Crippen MR) is 37.1 cm³/mol. The molecular weight excluding hydrogens is 169 g/mol. The molecule has 2 N–H and O–H groups in total. The molecule has 12 heavy (non-hydrogen) atoms. The zero-order valence-electron chi connectivity index (χ0n) is 6.10. The van der Waals surface area contributed by atoms with Crippen molar-refractivity contribution in [1.29, 1.82) is 0 Å². The molecule has 0 aromatic carbocycles. The fourth-order valence-electron chi connectivity index (χ4n) is 0.713. The summed E-state index contributed by atoms with van der Waals surface area (Å²) in [6, 6.07) is 2.23. The molecule has 1 aromatic heterocycles. The van der Waals surface area contributed by atoms with Gasteiger partial charge in [0.2, 0.25) is 0 Å². The van der Waals surface area contributed by atoms with Crippen LogP contribution in [0.1, 0.15) is 11.3 Å². The third kappa shape index (κ3) is 1.94. The van der Waals surface area contributed by atoms with E-state index in [9.17, 15) is 13.2 Å². The van der Waals surface area contributed by atoms with E-state index in [-0.39, 0.29) is 6.54 Å². The Morgan fingerprint density at radius 2 is 2.00 bits per heavy atom. The van der Waals surface area contributed by atoms with Gasteiger partial charge in [0.25, 0.3) is 0 Å². The average Bonchev–Trinajstić information content (AvgIpc) is 2.03. The van der Waals surface area contributed by atoms with Crippen LogP contribution in [-0.2, 0) is 12.7 Å². The normalized spacial score (nSPS) is 11.7. The van der Waals surface area contributed by atoms with Crippen LogP contribution in [0, 0.1) is 0 Å². The van der Waals surface area contributed by atoms with Crippen LogP contribution < -0.4 is 5.73 Å². The molecule has 0 saturated heterocycles. The molecule has 0 aliphatic heterocycles. The first-order valence-corrected chi connectivity index (χ1v) is 3.26. The standard InChI is InChI=1S/C7H7F3N2/c8-7(9,10)5-1-2-6(3-11)12-4-5/h1-2,4H,3,11H2. The van der Waals surface area contributed by atoms with E-state index in [1.807, 2.05) is 0 Å². The van der Waals surface area contributed by atoms with Crippen molar-refractivity contribution in [3.8, 4) is 0 Å². The van der Waals surface area contributed by atoms with Gasteiger partial charge < -0.3 is 5.73 Å². The maximum Gasteiger partial charge on any atom is 0.417 e. The van der Waals surface area contributed by atoms with Crippen molar-refractivity contribution in [2.75, 3.05) is 0 Å². The summed E-state index contributed by atoms with van der Waals surface area (Å²) in [6.07, 6.45) is -3.54. The smallest absolute Gasteiger partial charge is 0.325 e.